The van der Waals surface area contributed by atoms with Crippen molar-refractivity contribution >= 4 is 0 Å². The molecule has 0 bridgehead atoms. The number of benzene rings is 1. The molecule has 17 heavy (non-hydrogen) atoms. The summed E-state index contributed by atoms with van der Waals surface area (Å²) in [4.78, 5) is 0. The molecule has 94 valence electrons. The van der Waals surface area contributed by atoms with Gasteiger partial charge in [0.1, 0.15) is 5.82 Å². The monoisotopic (exact) mass is 237 g/mol. The normalized spacial score (nSPS) is 24.1. The summed E-state index contributed by atoms with van der Waals surface area (Å²) in [5.74, 6) is -0.161. The van der Waals surface area contributed by atoms with Gasteiger partial charge in [0.15, 0.2) is 0 Å². The van der Waals surface area contributed by atoms with E-state index in [4.69, 9.17) is 5.73 Å². The quantitative estimate of drug-likeness (QED) is 0.659. The fourth-order valence-corrected chi connectivity index (χ4v) is 2.21. The van der Waals surface area contributed by atoms with E-state index >= 15 is 0 Å². The van der Waals surface area contributed by atoms with Crippen molar-refractivity contribution in [2.75, 3.05) is 19.6 Å². The third-order valence-electron chi connectivity index (χ3n) is 3.13. The van der Waals surface area contributed by atoms with Crippen molar-refractivity contribution in [3.8, 4) is 0 Å². The van der Waals surface area contributed by atoms with Crippen molar-refractivity contribution in [3.05, 3.63) is 35.6 Å². The van der Waals surface area contributed by atoms with E-state index in [1.165, 1.54) is 6.07 Å². The Morgan fingerprint density at radius 3 is 3.06 bits per heavy atom. The van der Waals surface area contributed by atoms with Crippen molar-refractivity contribution in [2.45, 2.75) is 24.9 Å². The minimum Gasteiger partial charge on any atom is -0.326 e. The first-order chi connectivity index (χ1) is 8.24. The number of rotatable bonds is 5. The van der Waals surface area contributed by atoms with Crippen LogP contribution in [0.15, 0.2) is 24.3 Å². The Morgan fingerprint density at radius 1 is 1.47 bits per heavy atom. The molecule has 1 heterocycles. The highest BCUT2D eigenvalue weighted by Crippen LogP contribution is 2.04. The summed E-state index contributed by atoms with van der Waals surface area (Å²) in [6.45, 7) is 2.72. The topological polar surface area (TPSA) is 50.1 Å². The minimum absolute atomic E-state index is 0.161. The Labute approximate surface area is 102 Å². The molecule has 4 heteroatoms. The molecule has 2 atom stereocenters. The van der Waals surface area contributed by atoms with E-state index in [0.717, 1.165) is 38.0 Å². The summed E-state index contributed by atoms with van der Waals surface area (Å²) in [6.07, 6.45) is 1.89. The molecule has 0 amide bonds. The number of hydrogen-bond donors (Lipinski definition) is 3. The van der Waals surface area contributed by atoms with Crippen molar-refractivity contribution in [1.29, 1.82) is 0 Å². The van der Waals surface area contributed by atoms with E-state index < -0.39 is 0 Å². The van der Waals surface area contributed by atoms with Crippen molar-refractivity contribution in [3.63, 3.8) is 0 Å². The summed E-state index contributed by atoms with van der Waals surface area (Å²) in [7, 11) is 0. The Hall–Kier alpha value is -0.970. The van der Waals surface area contributed by atoms with Gasteiger partial charge < -0.3 is 16.4 Å². The Kier molecular flexibility index (Phi) is 4.48. The van der Waals surface area contributed by atoms with Crippen LogP contribution in [0.2, 0.25) is 0 Å². The average molecular weight is 237 g/mol. The summed E-state index contributed by atoms with van der Waals surface area (Å²) < 4.78 is 12.9. The van der Waals surface area contributed by atoms with Crippen LogP contribution >= 0.6 is 0 Å². The molecule has 2 rings (SSSR count). The molecular weight excluding hydrogens is 217 g/mol. The van der Waals surface area contributed by atoms with Crippen molar-refractivity contribution in [2.24, 2.45) is 5.73 Å². The molecule has 4 N–H and O–H groups in total. The Bertz CT molecular complexity index is 356. The van der Waals surface area contributed by atoms with Gasteiger partial charge in [-0.15, -0.1) is 0 Å². The van der Waals surface area contributed by atoms with Gasteiger partial charge in [-0.2, -0.15) is 0 Å². The molecule has 1 fully saturated rings. The maximum Gasteiger partial charge on any atom is 0.123 e. The molecule has 1 aliphatic heterocycles. The van der Waals surface area contributed by atoms with Crippen LogP contribution in [-0.4, -0.2) is 31.7 Å². The lowest BCUT2D eigenvalue weighted by molar-refractivity contribution is 0.533. The van der Waals surface area contributed by atoms with Gasteiger partial charge in [-0.3, -0.25) is 0 Å². The standard InChI is InChI=1S/C13H20FN3/c14-11-3-1-2-10(6-11)4-5-16-9-13-7-12(15)8-17-13/h1-3,6,12-13,16-17H,4-5,7-9,15H2. The lowest BCUT2D eigenvalue weighted by Gasteiger charge is -2.11. The molecular formula is C13H20FN3. The van der Waals surface area contributed by atoms with Gasteiger partial charge in [-0.25, -0.2) is 4.39 Å². The molecule has 1 saturated heterocycles. The van der Waals surface area contributed by atoms with Gasteiger partial charge in [-0.1, -0.05) is 12.1 Å². The third-order valence-corrected chi connectivity index (χ3v) is 3.13. The second kappa shape index (κ2) is 6.10. The van der Waals surface area contributed by atoms with Gasteiger partial charge in [0, 0.05) is 25.2 Å². The zero-order chi connectivity index (χ0) is 12.1. The molecule has 0 radical (unpaired) electrons. The van der Waals surface area contributed by atoms with Crippen LogP contribution in [0.25, 0.3) is 0 Å². The maximum absolute atomic E-state index is 12.9. The smallest absolute Gasteiger partial charge is 0.123 e. The van der Waals surface area contributed by atoms with Crippen LogP contribution in [0, 0.1) is 5.82 Å². The van der Waals surface area contributed by atoms with E-state index in [-0.39, 0.29) is 5.82 Å². The van der Waals surface area contributed by atoms with E-state index in [1.54, 1.807) is 12.1 Å². The first-order valence-corrected chi connectivity index (χ1v) is 6.18. The molecule has 0 saturated carbocycles. The molecule has 3 nitrogen and oxygen atoms in total. The SMILES string of the molecule is NC1CNC(CNCCc2cccc(F)c2)C1. The predicted octanol–water partition coefficient (Wildman–Crippen LogP) is 0.647. The molecule has 1 aliphatic rings. The fourth-order valence-electron chi connectivity index (χ4n) is 2.21. The minimum atomic E-state index is -0.161. The van der Waals surface area contributed by atoms with Crippen LogP contribution < -0.4 is 16.4 Å². The average Bonchev–Trinajstić information content (AvgIpc) is 2.71. The zero-order valence-electron chi connectivity index (χ0n) is 9.95. The van der Waals surface area contributed by atoms with Crippen molar-refractivity contribution < 1.29 is 4.39 Å². The van der Waals surface area contributed by atoms with Crippen molar-refractivity contribution in [1.82, 2.24) is 10.6 Å². The second-order valence-electron chi connectivity index (χ2n) is 4.68. The molecule has 1 aromatic rings. The lowest BCUT2D eigenvalue weighted by Crippen LogP contribution is -2.34. The molecule has 0 spiro atoms. The van der Waals surface area contributed by atoms with Crippen LogP contribution in [-0.2, 0) is 6.42 Å². The number of nitrogens with two attached hydrogens (primary N) is 1. The molecule has 2 unspecified atom stereocenters. The first-order valence-electron chi connectivity index (χ1n) is 6.18. The van der Waals surface area contributed by atoms with E-state index in [1.807, 2.05) is 6.07 Å². The predicted molar refractivity (Wildman–Crippen MR) is 67.4 cm³/mol. The molecule has 1 aromatic carbocycles. The zero-order valence-corrected chi connectivity index (χ0v) is 9.95. The molecule has 0 aliphatic carbocycles. The van der Waals surface area contributed by atoms with Crippen LogP contribution in [0.4, 0.5) is 4.39 Å². The number of nitrogens with one attached hydrogen (secondary N) is 2. The summed E-state index contributed by atoms with van der Waals surface area (Å²) in [5.41, 5.74) is 6.84. The van der Waals surface area contributed by atoms with E-state index in [2.05, 4.69) is 10.6 Å². The van der Waals surface area contributed by atoms with Gasteiger partial charge in [-0.05, 0) is 37.1 Å². The Balaban J connectivity index is 1.63. The lowest BCUT2D eigenvalue weighted by atomic mass is 10.1. The number of hydrogen-bond acceptors (Lipinski definition) is 3. The highest BCUT2D eigenvalue weighted by molar-refractivity contribution is 5.16. The van der Waals surface area contributed by atoms with E-state index in [0.29, 0.717) is 12.1 Å². The Morgan fingerprint density at radius 2 is 2.35 bits per heavy atom. The van der Waals surface area contributed by atoms with Gasteiger partial charge >= 0.3 is 0 Å². The fraction of sp³-hybridized carbons (Fsp3) is 0.538. The third kappa shape index (κ3) is 4.07. The summed E-state index contributed by atoms with van der Waals surface area (Å²) in [5, 5.41) is 6.74. The maximum atomic E-state index is 12.9. The highest BCUT2D eigenvalue weighted by atomic mass is 19.1. The van der Waals surface area contributed by atoms with E-state index in [9.17, 15) is 4.39 Å². The summed E-state index contributed by atoms with van der Waals surface area (Å²) in [6, 6.07) is 7.55. The largest absolute Gasteiger partial charge is 0.326 e. The van der Waals surface area contributed by atoms with Crippen LogP contribution in [0.1, 0.15) is 12.0 Å². The van der Waals surface area contributed by atoms with Crippen LogP contribution in [0.5, 0.6) is 0 Å². The van der Waals surface area contributed by atoms with Gasteiger partial charge in [0.2, 0.25) is 0 Å². The number of halogens is 1. The second-order valence-corrected chi connectivity index (χ2v) is 4.68. The highest BCUT2D eigenvalue weighted by Gasteiger charge is 2.19. The summed E-state index contributed by atoms with van der Waals surface area (Å²) >= 11 is 0. The molecule has 0 aromatic heterocycles. The first kappa shape index (κ1) is 12.5. The van der Waals surface area contributed by atoms with Crippen LogP contribution in [0.3, 0.4) is 0 Å². The van der Waals surface area contributed by atoms with Gasteiger partial charge in [0.05, 0.1) is 0 Å². The van der Waals surface area contributed by atoms with Gasteiger partial charge in [0.25, 0.3) is 0 Å².